The molecule has 0 fully saturated rings. The van der Waals surface area contributed by atoms with Gasteiger partial charge in [-0.15, -0.1) is 34.4 Å². The molecule has 234 valence electrons. The fourth-order valence-electron chi connectivity index (χ4n) is 4.37. The summed E-state index contributed by atoms with van der Waals surface area (Å²) in [5.41, 5.74) is 2.47. The number of thiazole rings is 1. The summed E-state index contributed by atoms with van der Waals surface area (Å²) in [5.74, 6) is -0.476. The zero-order valence-electron chi connectivity index (χ0n) is 25.2. The molecule has 2 aromatic heterocycles. The van der Waals surface area contributed by atoms with Crippen molar-refractivity contribution in [3.63, 3.8) is 0 Å². The molecule has 0 spiro atoms. The van der Waals surface area contributed by atoms with E-state index >= 15 is 0 Å². The standard InChI is InChI=1S/C35H32N4O4S3/c1-3-30(34(42)39-35-38-28(22-45-35)31-18-11-19-44-31)46-26-16-10-15-25(21-26)36-33(41)27(37-32(40)23-12-6-5-7-13-23)20-24-14-8-9-17-29(24)43-4-2/h5-22,30H,3-4H2,1-2H3,(H,36,41)(H,37,40)(H,38,39,42)/b27-20+. The number of nitrogens with one attached hydrogen (secondary N) is 3. The third kappa shape index (κ3) is 8.72. The SMILES string of the molecule is CCOc1ccccc1/C=C(/NC(=O)c1ccccc1)C(=O)Nc1cccc(SC(CC)C(=O)Nc2nc(-c3cccs3)cs2)c1. The van der Waals surface area contributed by atoms with Gasteiger partial charge in [0.15, 0.2) is 5.13 Å². The monoisotopic (exact) mass is 668 g/mol. The number of ether oxygens (including phenoxy) is 1. The molecular weight excluding hydrogens is 637 g/mol. The average molecular weight is 669 g/mol. The Bertz CT molecular complexity index is 1820. The third-order valence-electron chi connectivity index (χ3n) is 6.59. The molecule has 3 amide bonds. The Labute approximate surface area is 279 Å². The van der Waals surface area contributed by atoms with Gasteiger partial charge in [-0.1, -0.05) is 55.5 Å². The molecule has 5 aromatic rings. The number of carbonyl (C=O) groups excluding carboxylic acids is 3. The highest BCUT2D eigenvalue weighted by Gasteiger charge is 2.21. The van der Waals surface area contributed by atoms with E-state index in [1.54, 1.807) is 47.7 Å². The van der Waals surface area contributed by atoms with Crippen LogP contribution in [0.4, 0.5) is 10.8 Å². The van der Waals surface area contributed by atoms with Crippen LogP contribution in [-0.4, -0.2) is 34.6 Å². The van der Waals surface area contributed by atoms with Crippen LogP contribution in [0, 0.1) is 0 Å². The maximum Gasteiger partial charge on any atom is 0.272 e. The molecule has 0 saturated heterocycles. The number of hydrogen-bond acceptors (Lipinski definition) is 8. The van der Waals surface area contributed by atoms with Gasteiger partial charge in [-0.2, -0.15) is 0 Å². The number of hydrogen-bond donors (Lipinski definition) is 3. The highest BCUT2D eigenvalue weighted by Crippen LogP contribution is 2.31. The molecule has 0 aliphatic heterocycles. The minimum absolute atomic E-state index is 0.0511. The molecule has 3 N–H and O–H groups in total. The van der Waals surface area contributed by atoms with E-state index in [2.05, 4.69) is 20.9 Å². The van der Waals surface area contributed by atoms with Gasteiger partial charge in [-0.25, -0.2) is 4.98 Å². The van der Waals surface area contributed by atoms with Crippen LogP contribution < -0.4 is 20.7 Å². The molecule has 5 rings (SSSR count). The normalized spacial score (nSPS) is 11.8. The molecule has 0 aliphatic carbocycles. The first kappa shape index (κ1) is 32.7. The molecule has 8 nitrogen and oxygen atoms in total. The fourth-order valence-corrected chi connectivity index (χ4v) is 6.86. The lowest BCUT2D eigenvalue weighted by Gasteiger charge is -2.15. The Balaban J connectivity index is 1.30. The number of amides is 3. The minimum atomic E-state index is -0.507. The first-order valence-electron chi connectivity index (χ1n) is 14.6. The second-order valence-electron chi connectivity index (χ2n) is 9.85. The van der Waals surface area contributed by atoms with Gasteiger partial charge in [0.2, 0.25) is 5.91 Å². The molecule has 0 radical (unpaired) electrons. The van der Waals surface area contributed by atoms with E-state index in [0.717, 1.165) is 15.5 Å². The Morgan fingerprint density at radius 2 is 1.72 bits per heavy atom. The second-order valence-corrected chi connectivity index (χ2v) is 12.9. The fraction of sp³-hybridized carbons (Fsp3) is 0.143. The highest BCUT2D eigenvalue weighted by molar-refractivity contribution is 8.00. The number of anilines is 2. The molecule has 1 atom stereocenters. The van der Waals surface area contributed by atoms with Crippen molar-refractivity contribution < 1.29 is 19.1 Å². The predicted octanol–water partition coefficient (Wildman–Crippen LogP) is 8.19. The summed E-state index contributed by atoms with van der Waals surface area (Å²) in [4.78, 5) is 46.3. The maximum absolute atomic E-state index is 13.6. The van der Waals surface area contributed by atoms with Gasteiger partial charge in [-0.05, 0) is 67.3 Å². The van der Waals surface area contributed by atoms with Crippen LogP contribution in [-0.2, 0) is 9.59 Å². The van der Waals surface area contributed by atoms with Gasteiger partial charge in [0.1, 0.15) is 11.4 Å². The molecular formula is C35H32N4O4S3. The zero-order valence-corrected chi connectivity index (χ0v) is 27.6. The molecule has 0 aliphatic rings. The van der Waals surface area contributed by atoms with Crippen LogP contribution >= 0.6 is 34.4 Å². The summed E-state index contributed by atoms with van der Waals surface area (Å²) in [6.45, 7) is 4.28. The van der Waals surface area contributed by atoms with E-state index in [1.807, 2.05) is 85.3 Å². The number of rotatable bonds is 13. The lowest BCUT2D eigenvalue weighted by Crippen LogP contribution is -2.30. The van der Waals surface area contributed by atoms with Crippen LogP contribution in [0.25, 0.3) is 16.6 Å². The second kappa shape index (κ2) is 16.0. The Kier molecular flexibility index (Phi) is 11.4. The summed E-state index contributed by atoms with van der Waals surface area (Å²) >= 11 is 4.40. The predicted molar refractivity (Wildman–Crippen MR) is 189 cm³/mol. The van der Waals surface area contributed by atoms with Crippen LogP contribution in [0.3, 0.4) is 0 Å². The third-order valence-corrected chi connectivity index (χ3v) is 9.60. The van der Waals surface area contributed by atoms with E-state index in [9.17, 15) is 14.4 Å². The van der Waals surface area contributed by atoms with Crippen LogP contribution in [0.15, 0.2) is 112 Å². The van der Waals surface area contributed by atoms with Crippen LogP contribution in [0.2, 0.25) is 0 Å². The van der Waals surface area contributed by atoms with Gasteiger partial charge in [-0.3, -0.25) is 14.4 Å². The first-order valence-corrected chi connectivity index (χ1v) is 17.3. The number of carbonyl (C=O) groups is 3. The summed E-state index contributed by atoms with van der Waals surface area (Å²) in [5, 5.41) is 12.7. The van der Waals surface area contributed by atoms with Crippen molar-refractivity contribution in [2.75, 3.05) is 17.2 Å². The van der Waals surface area contributed by atoms with Gasteiger partial charge in [0, 0.05) is 27.1 Å². The maximum atomic E-state index is 13.6. The van der Waals surface area contributed by atoms with Crippen LogP contribution in [0.5, 0.6) is 5.75 Å². The van der Waals surface area contributed by atoms with Crippen molar-refractivity contribution in [3.05, 3.63) is 119 Å². The van der Waals surface area contributed by atoms with Crippen molar-refractivity contribution >= 4 is 69.1 Å². The Morgan fingerprint density at radius 1 is 0.913 bits per heavy atom. The van der Waals surface area contributed by atoms with E-state index in [4.69, 9.17) is 4.74 Å². The molecule has 2 heterocycles. The Hall–Kier alpha value is -4.71. The van der Waals surface area contributed by atoms with E-state index in [0.29, 0.717) is 40.7 Å². The van der Waals surface area contributed by atoms with Crippen molar-refractivity contribution in [1.29, 1.82) is 0 Å². The summed E-state index contributed by atoms with van der Waals surface area (Å²) in [6.07, 6.45) is 2.19. The smallest absolute Gasteiger partial charge is 0.272 e. The first-order chi connectivity index (χ1) is 22.4. The van der Waals surface area contributed by atoms with Crippen molar-refractivity contribution in [2.45, 2.75) is 30.4 Å². The van der Waals surface area contributed by atoms with Crippen LogP contribution in [0.1, 0.15) is 36.2 Å². The molecule has 3 aromatic carbocycles. The summed E-state index contributed by atoms with van der Waals surface area (Å²) < 4.78 is 5.74. The van der Waals surface area contributed by atoms with Gasteiger partial charge in [0.05, 0.1) is 22.4 Å². The lowest BCUT2D eigenvalue weighted by atomic mass is 10.1. The molecule has 46 heavy (non-hydrogen) atoms. The molecule has 1 unspecified atom stereocenters. The van der Waals surface area contributed by atoms with Crippen molar-refractivity contribution in [3.8, 4) is 16.3 Å². The summed E-state index contributed by atoms with van der Waals surface area (Å²) in [6, 6.07) is 27.2. The van der Waals surface area contributed by atoms with E-state index in [-0.39, 0.29) is 16.9 Å². The number of para-hydroxylation sites is 1. The van der Waals surface area contributed by atoms with Gasteiger partial charge < -0.3 is 20.7 Å². The van der Waals surface area contributed by atoms with Crippen molar-refractivity contribution in [1.82, 2.24) is 10.3 Å². The molecule has 0 saturated carbocycles. The minimum Gasteiger partial charge on any atom is -0.493 e. The quantitative estimate of drug-likeness (QED) is 0.0863. The summed E-state index contributed by atoms with van der Waals surface area (Å²) in [7, 11) is 0. The number of benzene rings is 3. The van der Waals surface area contributed by atoms with Crippen molar-refractivity contribution in [2.24, 2.45) is 0 Å². The van der Waals surface area contributed by atoms with Gasteiger partial charge in [0.25, 0.3) is 11.8 Å². The molecule has 11 heteroatoms. The highest BCUT2D eigenvalue weighted by atomic mass is 32.2. The lowest BCUT2D eigenvalue weighted by molar-refractivity contribution is -0.116. The number of thioether (sulfide) groups is 1. The topological polar surface area (TPSA) is 109 Å². The molecule has 0 bridgehead atoms. The Morgan fingerprint density at radius 3 is 2.48 bits per heavy atom. The zero-order chi connectivity index (χ0) is 32.3. The number of thiophene rings is 1. The van der Waals surface area contributed by atoms with Gasteiger partial charge >= 0.3 is 0 Å². The average Bonchev–Trinajstić information content (AvgIpc) is 3.78. The number of nitrogens with zero attached hydrogens (tertiary/aromatic N) is 1. The van der Waals surface area contributed by atoms with E-state index < -0.39 is 11.8 Å². The van der Waals surface area contributed by atoms with E-state index in [1.165, 1.54) is 23.1 Å². The number of aromatic nitrogens is 1. The largest absolute Gasteiger partial charge is 0.493 e.